The lowest BCUT2D eigenvalue weighted by molar-refractivity contribution is 0.0311. The first-order valence-corrected chi connectivity index (χ1v) is 9.15. The molecule has 2 N–H and O–H groups in total. The van der Waals surface area contributed by atoms with Crippen LogP contribution in [0.1, 0.15) is 27.3 Å². The van der Waals surface area contributed by atoms with Gasteiger partial charge >= 0.3 is 0 Å². The summed E-state index contributed by atoms with van der Waals surface area (Å²) in [4.78, 5) is 34.8. The summed E-state index contributed by atoms with van der Waals surface area (Å²) in [5, 5.41) is 15.2. The first kappa shape index (κ1) is 18.1. The predicted molar refractivity (Wildman–Crippen MR) is 104 cm³/mol. The normalized spacial score (nSPS) is 19.4. The van der Waals surface area contributed by atoms with Gasteiger partial charge in [0.05, 0.1) is 12.1 Å². The van der Waals surface area contributed by atoms with E-state index in [0.717, 1.165) is 10.8 Å². The van der Waals surface area contributed by atoms with Gasteiger partial charge in [0.25, 0.3) is 11.8 Å². The van der Waals surface area contributed by atoms with Crippen molar-refractivity contribution in [1.29, 1.82) is 0 Å². The van der Waals surface area contributed by atoms with E-state index in [2.05, 4.69) is 15.3 Å². The van der Waals surface area contributed by atoms with Gasteiger partial charge in [-0.15, -0.1) is 0 Å². The molecule has 7 heteroatoms. The van der Waals surface area contributed by atoms with Crippen LogP contribution in [0.2, 0.25) is 0 Å². The summed E-state index contributed by atoms with van der Waals surface area (Å²) < 4.78 is 0. The zero-order chi connectivity index (χ0) is 19.5. The van der Waals surface area contributed by atoms with Crippen molar-refractivity contribution in [2.24, 2.45) is 0 Å². The van der Waals surface area contributed by atoms with Gasteiger partial charge in [-0.25, -0.2) is 0 Å². The van der Waals surface area contributed by atoms with Crippen LogP contribution in [-0.2, 0) is 0 Å². The number of likely N-dealkylation sites (tertiary alicyclic amines) is 1. The zero-order valence-corrected chi connectivity index (χ0v) is 15.2. The van der Waals surface area contributed by atoms with Crippen molar-refractivity contribution in [2.45, 2.75) is 18.6 Å². The van der Waals surface area contributed by atoms with Gasteiger partial charge in [-0.2, -0.15) is 0 Å². The molecule has 0 radical (unpaired) electrons. The third-order valence-corrected chi connectivity index (χ3v) is 4.98. The third-order valence-electron chi connectivity index (χ3n) is 4.98. The zero-order valence-electron chi connectivity index (χ0n) is 15.2. The van der Waals surface area contributed by atoms with E-state index in [1.807, 2.05) is 24.3 Å². The number of hydrogen-bond donors (Lipinski definition) is 2. The number of benzene rings is 1. The minimum absolute atomic E-state index is 0.147. The summed E-state index contributed by atoms with van der Waals surface area (Å²) in [6.07, 6.45) is 4.40. The molecule has 142 valence electrons. The second-order valence-corrected chi connectivity index (χ2v) is 6.84. The lowest BCUT2D eigenvalue weighted by Gasteiger charge is -2.36. The molecule has 1 saturated heterocycles. The molecule has 1 aliphatic heterocycles. The first-order valence-electron chi connectivity index (χ1n) is 9.15. The van der Waals surface area contributed by atoms with Crippen LogP contribution in [0.25, 0.3) is 10.8 Å². The molecule has 0 bridgehead atoms. The van der Waals surface area contributed by atoms with E-state index >= 15 is 0 Å². The molecule has 2 atom stereocenters. The fourth-order valence-corrected chi connectivity index (χ4v) is 3.40. The van der Waals surface area contributed by atoms with E-state index < -0.39 is 12.1 Å². The highest BCUT2D eigenvalue weighted by Gasteiger charge is 2.32. The van der Waals surface area contributed by atoms with Crippen LogP contribution in [0, 0.1) is 0 Å². The Morgan fingerprint density at radius 2 is 1.86 bits per heavy atom. The molecule has 1 aromatic carbocycles. The molecule has 4 rings (SSSR count). The average molecular weight is 376 g/mol. The molecule has 2 amide bonds. The van der Waals surface area contributed by atoms with Crippen molar-refractivity contribution in [3.63, 3.8) is 0 Å². The Morgan fingerprint density at radius 1 is 1.11 bits per heavy atom. The molecule has 28 heavy (non-hydrogen) atoms. The Bertz CT molecular complexity index is 1010. The van der Waals surface area contributed by atoms with Gasteiger partial charge in [0.15, 0.2) is 0 Å². The number of nitrogens with zero attached hydrogens (tertiary/aromatic N) is 3. The predicted octanol–water partition coefficient (Wildman–Crippen LogP) is 1.64. The molecule has 7 nitrogen and oxygen atoms in total. The van der Waals surface area contributed by atoms with Crippen molar-refractivity contribution in [3.05, 3.63) is 72.3 Å². The number of aliphatic hydroxyl groups excluding tert-OH is 1. The van der Waals surface area contributed by atoms with Crippen molar-refractivity contribution in [1.82, 2.24) is 20.2 Å². The molecule has 1 fully saturated rings. The number of amides is 2. The lowest BCUT2D eigenvalue weighted by atomic mass is 10.0. The van der Waals surface area contributed by atoms with Gasteiger partial charge < -0.3 is 15.3 Å². The summed E-state index contributed by atoms with van der Waals surface area (Å²) in [7, 11) is 0. The van der Waals surface area contributed by atoms with Crippen molar-refractivity contribution in [2.75, 3.05) is 13.1 Å². The Hall–Kier alpha value is -3.32. The number of carbonyl (C=O) groups is 2. The molecule has 3 heterocycles. The van der Waals surface area contributed by atoms with Crippen molar-refractivity contribution >= 4 is 22.6 Å². The smallest absolute Gasteiger partial charge is 0.272 e. The highest BCUT2D eigenvalue weighted by Crippen LogP contribution is 2.18. The largest absolute Gasteiger partial charge is 0.389 e. The Kier molecular flexibility index (Phi) is 4.99. The fourth-order valence-electron chi connectivity index (χ4n) is 3.40. The van der Waals surface area contributed by atoms with Gasteiger partial charge in [-0.05, 0) is 30.0 Å². The second-order valence-electron chi connectivity index (χ2n) is 6.84. The SMILES string of the molecule is O=C(N[C@@H]1CCN(C(=O)c2cc3ccccc3cn2)C[C@H]1O)c1ccncc1. The fraction of sp³-hybridized carbons (Fsp3) is 0.238. The van der Waals surface area contributed by atoms with Crippen LogP contribution in [0.15, 0.2) is 61.1 Å². The van der Waals surface area contributed by atoms with Crippen LogP contribution in [-0.4, -0.2) is 57.0 Å². The monoisotopic (exact) mass is 376 g/mol. The van der Waals surface area contributed by atoms with Gasteiger partial charge in [0.2, 0.25) is 0 Å². The second kappa shape index (κ2) is 7.74. The number of fused-ring (bicyclic) bond motifs is 1. The maximum absolute atomic E-state index is 12.8. The molecule has 0 spiro atoms. The summed E-state index contributed by atoms with van der Waals surface area (Å²) >= 11 is 0. The first-order chi connectivity index (χ1) is 13.6. The lowest BCUT2D eigenvalue weighted by Crippen LogP contribution is -2.55. The van der Waals surface area contributed by atoms with Crippen LogP contribution in [0.5, 0.6) is 0 Å². The molecule has 0 saturated carbocycles. The summed E-state index contributed by atoms with van der Waals surface area (Å²) in [5.74, 6) is -0.480. The topological polar surface area (TPSA) is 95.4 Å². The number of carbonyl (C=O) groups excluding carboxylic acids is 2. The van der Waals surface area contributed by atoms with Crippen LogP contribution >= 0.6 is 0 Å². The summed E-state index contributed by atoms with van der Waals surface area (Å²) in [6, 6.07) is 12.3. The van der Waals surface area contributed by atoms with E-state index in [1.165, 1.54) is 0 Å². The Morgan fingerprint density at radius 3 is 2.61 bits per heavy atom. The van der Waals surface area contributed by atoms with Gasteiger partial charge in [-0.1, -0.05) is 24.3 Å². The summed E-state index contributed by atoms with van der Waals surface area (Å²) in [6.45, 7) is 0.584. The molecule has 0 unspecified atom stereocenters. The molecule has 3 aromatic rings. The van der Waals surface area contributed by atoms with Crippen molar-refractivity contribution < 1.29 is 14.7 Å². The number of β-amino-alcohol motifs (C(OH)–C–C–N with tert-alkyl or cyclic N) is 1. The molecule has 0 aliphatic carbocycles. The Balaban J connectivity index is 1.41. The van der Waals surface area contributed by atoms with E-state index in [1.54, 1.807) is 41.7 Å². The van der Waals surface area contributed by atoms with E-state index in [4.69, 9.17) is 0 Å². The third kappa shape index (κ3) is 3.70. The van der Waals surface area contributed by atoms with Crippen LogP contribution in [0.3, 0.4) is 0 Å². The number of aliphatic hydroxyl groups is 1. The molecular formula is C21H20N4O3. The molecular weight excluding hydrogens is 356 g/mol. The Labute approximate surface area is 162 Å². The summed E-state index contributed by atoms with van der Waals surface area (Å²) in [5.41, 5.74) is 0.839. The highest BCUT2D eigenvalue weighted by molar-refractivity contribution is 5.96. The van der Waals surface area contributed by atoms with Gasteiger partial charge in [-0.3, -0.25) is 19.6 Å². The number of nitrogens with one attached hydrogen (secondary N) is 1. The van der Waals surface area contributed by atoms with E-state index in [-0.39, 0.29) is 18.4 Å². The highest BCUT2D eigenvalue weighted by atomic mass is 16.3. The number of piperidine rings is 1. The quantitative estimate of drug-likeness (QED) is 0.725. The van der Waals surface area contributed by atoms with E-state index in [0.29, 0.717) is 24.2 Å². The maximum Gasteiger partial charge on any atom is 0.272 e. The standard InChI is InChI=1S/C21H20N4O3/c26-19-13-25(10-7-17(19)24-20(27)14-5-8-22-9-6-14)21(28)18-11-15-3-1-2-4-16(15)12-23-18/h1-6,8-9,11-12,17,19,26H,7,10,13H2,(H,24,27)/t17-,19-/m1/s1. The van der Waals surface area contributed by atoms with E-state index in [9.17, 15) is 14.7 Å². The van der Waals surface area contributed by atoms with Crippen LogP contribution < -0.4 is 5.32 Å². The average Bonchev–Trinajstić information content (AvgIpc) is 2.75. The number of rotatable bonds is 3. The minimum atomic E-state index is -0.844. The molecule has 1 aliphatic rings. The number of pyridine rings is 2. The maximum atomic E-state index is 12.8. The van der Waals surface area contributed by atoms with Crippen LogP contribution in [0.4, 0.5) is 0 Å². The van der Waals surface area contributed by atoms with Crippen molar-refractivity contribution in [3.8, 4) is 0 Å². The minimum Gasteiger partial charge on any atom is -0.389 e. The number of hydrogen-bond acceptors (Lipinski definition) is 5. The molecule has 2 aromatic heterocycles. The number of aromatic nitrogens is 2. The van der Waals surface area contributed by atoms with Gasteiger partial charge in [0, 0.05) is 42.6 Å². The van der Waals surface area contributed by atoms with Gasteiger partial charge in [0.1, 0.15) is 5.69 Å².